The summed E-state index contributed by atoms with van der Waals surface area (Å²) in [5.74, 6) is 0.0768. The van der Waals surface area contributed by atoms with Crippen molar-refractivity contribution in [1.29, 1.82) is 0 Å². The van der Waals surface area contributed by atoms with Crippen LogP contribution in [0.4, 0.5) is 0 Å². The van der Waals surface area contributed by atoms with Crippen molar-refractivity contribution < 1.29 is 4.79 Å². The Balaban J connectivity index is 0.00000144. The molecule has 4 nitrogen and oxygen atoms in total. The Morgan fingerprint density at radius 2 is 1.67 bits per heavy atom. The van der Waals surface area contributed by atoms with E-state index < -0.39 is 6.04 Å². The first-order valence-corrected chi connectivity index (χ1v) is 8.59. The van der Waals surface area contributed by atoms with Gasteiger partial charge in [0.2, 0.25) is 5.91 Å². The molecule has 1 aromatic carbocycles. The Bertz CT molecular complexity index is 494. The molecule has 2 atom stereocenters. The monoisotopic (exact) mass is 373 g/mol. The van der Waals surface area contributed by atoms with Crippen molar-refractivity contribution >= 4 is 30.7 Å². The summed E-state index contributed by atoms with van der Waals surface area (Å²) in [5.41, 5.74) is 7.10. The maximum absolute atomic E-state index is 12.7. The average molecular weight is 374 g/mol. The molecule has 6 heteroatoms. The van der Waals surface area contributed by atoms with Crippen LogP contribution in [-0.2, 0) is 4.79 Å². The fourth-order valence-electron chi connectivity index (χ4n) is 3.74. The van der Waals surface area contributed by atoms with Crippen molar-refractivity contribution in [3.05, 3.63) is 35.9 Å². The molecule has 2 aliphatic rings. The topological polar surface area (TPSA) is 49.6 Å². The molecule has 1 amide bonds. The summed E-state index contributed by atoms with van der Waals surface area (Å²) < 4.78 is 0. The van der Waals surface area contributed by atoms with Crippen molar-refractivity contribution in [2.24, 2.45) is 5.73 Å². The van der Waals surface area contributed by atoms with Crippen LogP contribution in [0.5, 0.6) is 0 Å². The Kier molecular flexibility index (Phi) is 9.06. The number of nitrogens with zero attached hydrogens (tertiary/aromatic N) is 2. The lowest BCUT2D eigenvalue weighted by atomic mass is 9.99. The first-order valence-electron chi connectivity index (χ1n) is 8.59. The number of hydrogen-bond donors (Lipinski definition) is 1. The second kappa shape index (κ2) is 10.2. The molecular weight excluding hydrogens is 345 g/mol. The van der Waals surface area contributed by atoms with Crippen molar-refractivity contribution in [3.8, 4) is 0 Å². The van der Waals surface area contributed by atoms with E-state index in [4.69, 9.17) is 5.73 Å². The van der Waals surface area contributed by atoms with E-state index in [-0.39, 0.29) is 30.7 Å². The zero-order chi connectivity index (χ0) is 15.4. The molecule has 0 aromatic heterocycles. The molecule has 2 fully saturated rings. The van der Waals surface area contributed by atoms with E-state index in [1.165, 1.54) is 38.8 Å². The molecule has 0 bridgehead atoms. The van der Waals surface area contributed by atoms with Crippen LogP contribution in [0.3, 0.4) is 0 Å². The number of halogens is 2. The second-order valence-corrected chi connectivity index (χ2v) is 6.57. The average Bonchev–Trinajstić information content (AvgIpc) is 2.62. The number of amides is 1. The summed E-state index contributed by atoms with van der Waals surface area (Å²) in [4.78, 5) is 17.3. The van der Waals surface area contributed by atoms with Gasteiger partial charge in [0.1, 0.15) is 6.04 Å². The van der Waals surface area contributed by atoms with Crippen molar-refractivity contribution in [3.63, 3.8) is 0 Å². The number of rotatable bonds is 3. The van der Waals surface area contributed by atoms with Crippen LogP contribution in [0.25, 0.3) is 0 Å². The Hall–Kier alpha value is -0.810. The van der Waals surface area contributed by atoms with Crippen LogP contribution in [0.2, 0.25) is 0 Å². The highest BCUT2D eigenvalue weighted by atomic mass is 35.5. The van der Waals surface area contributed by atoms with Crippen LogP contribution >= 0.6 is 24.8 Å². The lowest BCUT2D eigenvalue weighted by Crippen LogP contribution is -2.52. The first kappa shape index (κ1) is 21.2. The van der Waals surface area contributed by atoms with Gasteiger partial charge in [-0.1, -0.05) is 36.8 Å². The van der Waals surface area contributed by atoms with Gasteiger partial charge in [0.25, 0.3) is 0 Å². The van der Waals surface area contributed by atoms with Crippen molar-refractivity contribution in [2.75, 3.05) is 26.2 Å². The number of likely N-dealkylation sites (tertiary alicyclic amines) is 2. The number of nitrogens with two attached hydrogens (primary N) is 1. The van der Waals surface area contributed by atoms with Gasteiger partial charge in [-0.2, -0.15) is 0 Å². The maximum Gasteiger partial charge on any atom is 0.244 e. The van der Waals surface area contributed by atoms with Crippen LogP contribution in [0.1, 0.15) is 43.7 Å². The normalized spacial score (nSPS) is 22.9. The van der Waals surface area contributed by atoms with E-state index in [0.717, 1.165) is 25.1 Å². The molecule has 24 heavy (non-hydrogen) atoms. The lowest BCUT2D eigenvalue weighted by molar-refractivity contribution is -0.135. The van der Waals surface area contributed by atoms with Crippen LogP contribution < -0.4 is 5.73 Å². The largest absolute Gasteiger partial charge is 0.339 e. The van der Waals surface area contributed by atoms with Crippen molar-refractivity contribution in [1.82, 2.24) is 9.80 Å². The van der Waals surface area contributed by atoms with E-state index in [0.29, 0.717) is 6.04 Å². The van der Waals surface area contributed by atoms with Gasteiger partial charge in [-0.05, 0) is 44.3 Å². The highest BCUT2D eigenvalue weighted by Crippen LogP contribution is 2.22. The number of carbonyl (C=O) groups is 1. The Morgan fingerprint density at radius 1 is 1.00 bits per heavy atom. The second-order valence-electron chi connectivity index (χ2n) is 6.57. The molecule has 2 saturated heterocycles. The number of carbonyl (C=O) groups excluding carboxylic acids is 1. The van der Waals surface area contributed by atoms with E-state index in [2.05, 4.69) is 4.90 Å². The molecule has 1 aromatic rings. The van der Waals surface area contributed by atoms with Gasteiger partial charge in [0.05, 0.1) is 0 Å². The highest BCUT2D eigenvalue weighted by Gasteiger charge is 2.30. The summed E-state index contributed by atoms with van der Waals surface area (Å²) >= 11 is 0. The van der Waals surface area contributed by atoms with E-state index in [1.807, 2.05) is 35.2 Å². The first-order chi connectivity index (χ1) is 10.8. The Labute approximate surface area is 157 Å². The predicted molar refractivity (Wildman–Crippen MR) is 103 cm³/mol. The fraction of sp³-hybridized carbons (Fsp3) is 0.611. The predicted octanol–water partition coefficient (Wildman–Crippen LogP) is 3.01. The fourth-order valence-corrected chi connectivity index (χ4v) is 3.74. The molecule has 3 rings (SSSR count). The van der Waals surface area contributed by atoms with Crippen LogP contribution in [0.15, 0.2) is 30.3 Å². The molecule has 0 saturated carbocycles. The third-order valence-electron chi connectivity index (χ3n) is 5.04. The third-order valence-corrected chi connectivity index (χ3v) is 5.04. The van der Waals surface area contributed by atoms with Crippen LogP contribution in [-0.4, -0.2) is 47.9 Å². The Morgan fingerprint density at radius 3 is 2.33 bits per heavy atom. The molecule has 2 unspecified atom stereocenters. The number of hydrogen-bond acceptors (Lipinski definition) is 3. The summed E-state index contributed by atoms with van der Waals surface area (Å²) in [7, 11) is 0. The minimum Gasteiger partial charge on any atom is -0.339 e. The molecule has 2 heterocycles. The summed E-state index contributed by atoms with van der Waals surface area (Å²) in [5, 5.41) is 0. The van der Waals surface area contributed by atoms with E-state index >= 15 is 0 Å². The van der Waals surface area contributed by atoms with Gasteiger partial charge in [-0.15, -0.1) is 24.8 Å². The van der Waals surface area contributed by atoms with Crippen LogP contribution in [0, 0.1) is 0 Å². The molecule has 136 valence electrons. The molecular formula is C18H29Cl2N3O. The summed E-state index contributed by atoms with van der Waals surface area (Å²) in [6, 6.07) is 9.71. The summed E-state index contributed by atoms with van der Waals surface area (Å²) in [6.07, 6.45) is 6.26. The number of benzene rings is 1. The maximum atomic E-state index is 12.7. The van der Waals surface area contributed by atoms with E-state index in [1.54, 1.807) is 0 Å². The minimum absolute atomic E-state index is 0. The van der Waals surface area contributed by atoms with Gasteiger partial charge in [0, 0.05) is 19.1 Å². The molecule has 0 aliphatic carbocycles. The van der Waals surface area contributed by atoms with E-state index in [9.17, 15) is 4.79 Å². The van der Waals surface area contributed by atoms with Crippen molar-refractivity contribution in [2.45, 2.75) is 44.2 Å². The molecule has 2 aliphatic heterocycles. The van der Waals surface area contributed by atoms with Gasteiger partial charge < -0.3 is 10.6 Å². The smallest absolute Gasteiger partial charge is 0.244 e. The van der Waals surface area contributed by atoms with Gasteiger partial charge in [0.15, 0.2) is 0 Å². The zero-order valence-corrected chi connectivity index (χ0v) is 15.7. The standard InChI is InChI=1S/C18H27N3O.2ClH/c19-17(15-8-3-1-4-9-15)18(22)21-13-7-10-16(14-21)20-11-5-2-6-12-20;;/h1,3-4,8-9,16-17H,2,5-7,10-14,19H2;2*1H. The highest BCUT2D eigenvalue weighted by molar-refractivity contribution is 5.85. The van der Waals surface area contributed by atoms with Gasteiger partial charge in [-0.25, -0.2) is 0 Å². The lowest BCUT2D eigenvalue weighted by Gasteiger charge is -2.41. The molecule has 0 spiro atoms. The SMILES string of the molecule is Cl.Cl.NC(C(=O)N1CCCC(N2CCCCC2)C1)c1ccccc1. The summed E-state index contributed by atoms with van der Waals surface area (Å²) in [6.45, 7) is 4.08. The number of piperidine rings is 2. The quantitative estimate of drug-likeness (QED) is 0.885. The van der Waals surface area contributed by atoms with Gasteiger partial charge >= 0.3 is 0 Å². The minimum atomic E-state index is -0.527. The molecule has 0 radical (unpaired) electrons. The zero-order valence-electron chi connectivity index (χ0n) is 14.1. The third kappa shape index (κ3) is 5.09. The molecule has 2 N–H and O–H groups in total. The van der Waals surface area contributed by atoms with Gasteiger partial charge in [-0.3, -0.25) is 9.69 Å².